The van der Waals surface area contributed by atoms with Gasteiger partial charge in [-0.3, -0.25) is 14.3 Å². The van der Waals surface area contributed by atoms with Crippen molar-refractivity contribution < 1.29 is 14.3 Å². The van der Waals surface area contributed by atoms with Crippen LogP contribution in [0.5, 0.6) is 0 Å². The van der Waals surface area contributed by atoms with E-state index in [1.54, 1.807) is 22.0 Å². The third-order valence-corrected chi connectivity index (χ3v) is 4.25. The average molecular weight is 335 g/mol. The number of hydrogen-bond acceptors (Lipinski definition) is 6. The summed E-state index contributed by atoms with van der Waals surface area (Å²) >= 11 is 1.37. The molecule has 0 bridgehead atoms. The number of hydrogen-bond donors (Lipinski definition) is 1. The molecular formula is C14H17N5O3S. The highest BCUT2D eigenvalue weighted by atomic mass is 32.1. The first kappa shape index (κ1) is 15.6. The topological polar surface area (TPSA) is 89.4 Å². The third-order valence-electron chi connectivity index (χ3n) is 3.67. The number of methoxy groups -OCH3 is 1. The third kappa shape index (κ3) is 3.40. The molecule has 1 aliphatic heterocycles. The van der Waals surface area contributed by atoms with Crippen molar-refractivity contribution in [2.75, 3.05) is 26.8 Å². The van der Waals surface area contributed by atoms with Crippen LogP contribution in [-0.2, 0) is 16.1 Å². The first-order valence-corrected chi connectivity index (χ1v) is 8.09. The largest absolute Gasteiger partial charge is 0.375 e. The Hall–Kier alpha value is -2.26. The SMILES string of the molecule is COCC(=O)N1Cc2ccnn2[C@@H](CNC(=O)c2cscn2)C1. The molecule has 0 saturated carbocycles. The summed E-state index contributed by atoms with van der Waals surface area (Å²) in [6.45, 7) is 1.40. The molecule has 0 spiro atoms. The number of amides is 2. The maximum absolute atomic E-state index is 12.1. The van der Waals surface area contributed by atoms with E-state index in [0.29, 0.717) is 25.3 Å². The number of thiazole rings is 1. The molecule has 0 radical (unpaired) electrons. The highest BCUT2D eigenvalue weighted by Crippen LogP contribution is 2.20. The molecule has 1 N–H and O–H groups in total. The van der Waals surface area contributed by atoms with Crippen molar-refractivity contribution in [2.24, 2.45) is 0 Å². The number of nitrogens with zero attached hydrogens (tertiary/aromatic N) is 4. The Balaban J connectivity index is 1.68. The summed E-state index contributed by atoms with van der Waals surface area (Å²) in [7, 11) is 1.50. The van der Waals surface area contributed by atoms with Crippen molar-refractivity contribution in [2.45, 2.75) is 12.6 Å². The van der Waals surface area contributed by atoms with E-state index in [0.717, 1.165) is 5.69 Å². The molecule has 2 aromatic rings. The Morgan fingerprint density at radius 1 is 1.52 bits per heavy atom. The zero-order chi connectivity index (χ0) is 16.2. The lowest BCUT2D eigenvalue weighted by Gasteiger charge is -2.33. The number of fused-ring (bicyclic) bond motifs is 1. The molecule has 0 aliphatic carbocycles. The molecule has 1 aliphatic rings. The maximum Gasteiger partial charge on any atom is 0.270 e. The van der Waals surface area contributed by atoms with Crippen LogP contribution < -0.4 is 5.32 Å². The van der Waals surface area contributed by atoms with Gasteiger partial charge in [-0.1, -0.05) is 0 Å². The van der Waals surface area contributed by atoms with Gasteiger partial charge in [-0.2, -0.15) is 5.10 Å². The van der Waals surface area contributed by atoms with Gasteiger partial charge in [0.25, 0.3) is 5.91 Å². The van der Waals surface area contributed by atoms with Gasteiger partial charge in [0, 0.05) is 31.8 Å². The number of carbonyl (C=O) groups is 2. The van der Waals surface area contributed by atoms with Crippen molar-refractivity contribution in [1.29, 1.82) is 0 Å². The zero-order valence-electron chi connectivity index (χ0n) is 12.6. The monoisotopic (exact) mass is 335 g/mol. The maximum atomic E-state index is 12.1. The number of rotatable bonds is 5. The number of aromatic nitrogens is 3. The Morgan fingerprint density at radius 3 is 3.13 bits per heavy atom. The molecule has 2 amide bonds. The van der Waals surface area contributed by atoms with E-state index in [1.165, 1.54) is 18.4 Å². The van der Waals surface area contributed by atoms with Gasteiger partial charge in [-0.25, -0.2) is 4.98 Å². The summed E-state index contributed by atoms with van der Waals surface area (Å²) in [5, 5.41) is 8.85. The van der Waals surface area contributed by atoms with Crippen LogP contribution in [0.3, 0.4) is 0 Å². The quantitative estimate of drug-likeness (QED) is 0.849. The van der Waals surface area contributed by atoms with E-state index < -0.39 is 0 Å². The molecule has 0 aromatic carbocycles. The minimum absolute atomic E-state index is 0.0477. The molecule has 0 unspecified atom stereocenters. The normalized spacial score (nSPS) is 16.9. The van der Waals surface area contributed by atoms with Gasteiger partial charge in [-0.15, -0.1) is 11.3 Å². The second kappa shape index (κ2) is 6.88. The van der Waals surface area contributed by atoms with Crippen LogP contribution in [0.1, 0.15) is 22.2 Å². The van der Waals surface area contributed by atoms with E-state index in [1.807, 2.05) is 10.7 Å². The number of carbonyl (C=O) groups excluding carboxylic acids is 2. The van der Waals surface area contributed by atoms with Gasteiger partial charge < -0.3 is 15.0 Å². The summed E-state index contributed by atoms with van der Waals surface area (Å²) in [6, 6.07) is 1.76. The molecule has 3 heterocycles. The van der Waals surface area contributed by atoms with Crippen LogP contribution in [0, 0.1) is 0 Å². The Kier molecular flexibility index (Phi) is 4.68. The lowest BCUT2D eigenvalue weighted by Crippen LogP contribution is -2.46. The fraction of sp³-hybridized carbons (Fsp3) is 0.429. The summed E-state index contributed by atoms with van der Waals surface area (Å²) in [5.41, 5.74) is 2.96. The van der Waals surface area contributed by atoms with Crippen molar-refractivity contribution in [1.82, 2.24) is 25.0 Å². The highest BCUT2D eigenvalue weighted by molar-refractivity contribution is 7.07. The summed E-state index contributed by atoms with van der Waals surface area (Å²) in [4.78, 5) is 29.8. The Bertz CT molecular complexity index is 684. The van der Waals surface area contributed by atoms with Crippen molar-refractivity contribution in [3.05, 3.63) is 34.5 Å². The van der Waals surface area contributed by atoms with Gasteiger partial charge in [-0.05, 0) is 6.07 Å². The van der Waals surface area contributed by atoms with Gasteiger partial charge in [0.05, 0.1) is 23.8 Å². The first-order chi connectivity index (χ1) is 11.2. The zero-order valence-corrected chi connectivity index (χ0v) is 13.5. The predicted molar refractivity (Wildman–Crippen MR) is 83.0 cm³/mol. The molecule has 0 fully saturated rings. The van der Waals surface area contributed by atoms with E-state index in [2.05, 4.69) is 15.4 Å². The molecule has 0 saturated heterocycles. The van der Waals surface area contributed by atoms with Crippen LogP contribution in [0.2, 0.25) is 0 Å². The lowest BCUT2D eigenvalue weighted by molar-refractivity contribution is -0.137. The predicted octanol–water partition coefficient (Wildman–Crippen LogP) is 0.299. The molecule has 23 heavy (non-hydrogen) atoms. The van der Waals surface area contributed by atoms with Gasteiger partial charge >= 0.3 is 0 Å². The van der Waals surface area contributed by atoms with Crippen molar-refractivity contribution in [3.8, 4) is 0 Å². The summed E-state index contributed by atoms with van der Waals surface area (Å²) in [5.74, 6) is -0.295. The summed E-state index contributed by atoms with van der Waals surface area (Å²) < 4.78 is 6.78. The number of nitrogens with one attached hydrogen (secondary N) is 1. The second-order valence-electron chi connectivity index (χ2n) is 5.21. The van der Waals surface area contributed by atoms with E-state index >= 15 is 0 Å². The van der Waals surface area contributed by atoms with Crippen LogP contribution in [0.4, 0.5) is 0 Å². The Morgan fingerprint density at radius 2 is 2.39 bits per heavy atom. The fourth-order valence-electron chi connectivity index (χ4n) is 2.57. The van der Waals surface area contributed by atoms with Crippen LogP contribution in [0.25, 0.3) is 0 Å². The smallest absolute Gasteiger partial charge is 0.270 e. The lowest BCUT2D eigenvalue weighted by atomic mass is 10.2. The van der Waals surface area contributed by atoms with Crippen LogP contribution in [-0.4, -0.2) is 58.3 Å². The molecule has 1 atom stereocenters. The molecule has 3 rings (SSSR count). The highest BCUT2D eigenvalue weighted by Gasteiger charge is 2.28. The minimum atomic E-state index is -0.222. The number of ether oxygens (including phenoxy) is 1. The first-order valence-electron chi connectivity index (χ1n) is 7.14. The van der Waals surface area contributed by atoms with Gasteiger partial charge in [0.1, 0.15) is 12.3 Å². The van der Waals surface area contributed by atoms with Crippen molar-refractivity contribution >= 4 is 23.2 Å². The van der Waals surface area contributed by atoms with E-state index in [4.69, 9.17) is 4.74 Å². The average Bonchev–Trinajstić information content (AvgIpc) is 3.23. The van der Waals surface area contributed by atoms with Crippen LogP contribution in [0.15, 0.2) is 23.2 Å². The molecule has 9 heteroatoms. The molecule has 8 nitrogen and oxygen atoms in total. The van der Waals surface area contributed by atoms with E-state index in [9.17, 15) is 9.59 Å². The standard InChI is InChI=1S/C14H17N5O3S/c1-22-7-13(20)18-5-10-2-3-17-19(10)11(6-18)4-15-14(21)12-8-23-9-16-12/h2-3,8-9,11H,4-7H2,1H3,(H,15,21)/t11-/m0/s1. The Labute approximate surface area is 137 Å². The second-order valence-corrected chi connectivity index (χ2v) is 5.93. The van der Waals surface area contributed by atoms with Crippen molar-refractivity contribution in [3.63, 3.8) is 0 Å². The van der Waals surface area contributed by atoms with Gasteiger partial charge in [0.2, 0.25) is 5.91 Å². The van der Waals surface area contributed by atoms with E-state index in [-0.39, 0.29) is 24.5 Å². The fourth-order valence-corrected chi connectivity index (χ4v) is 3.10. The van der Waals surface area contributed by atoms with Gasteiger partial charge in [0.15, 0.2) is 0 Å². The summed E-state index contributed by atoms with van der Waals surface area (Å²) in [6.07, 6.45) is 1.70. The van der Waals surface area contributed by atoms with Crippen LogP contribution >= 0.6 is 11.3 Å². The molecule has 2 aromatic heterocycles. The molecule has 122 valence electrons. The minimum Gasteiger partial charge on any atom is -0.375 e. The molecular weight excluding hydrogens is 318 g/mol.